The Balaban J connectivity index is 1.51. The number of hydrogen-bond acceptors (Lipinski definition) is 11. The topological polar surface area (TPSA) is 194 Å². The van der Waals surface area contributed by atoms with Gasteiger partial charge in [0.25, 0.3) is 0 Å². The zero-order valence-corrected chi connectivity index (χ0v) is 21.6. The Morgan fingerprint density at radius 2 is 1.97 bits per heavy atom. The van der Waals surface area contributed by atoms with Gasteiger partial charge in [-0.3, -0.25) is 0 Å². The maximum absolute atomic E-state index is 13.1. The molecule has 1 saturated heterocycles. The van der Waals surface area contributed by atoms with Crippen molar-refractivity contribution >= 4 is 23.4 Å². The van der Waals surface area contributed by atoms with Gasteiger partial charge in [0, 0.05) is 6.42 Å². The Hall–Kier alpha value is -4.25. The molecule has 13 nitrogen and oxygen atoms in total. The van der Waals surface area contributed by atoms with Crippen LogP contribution in [0.5, 0.6) is 0 Å². The van der Waals surface area contributed by atoms with Gasteiger partial charge >= 0.3 is 12.1 Å². The molecule has 0 spiro atoms. The summed E-state index contributed by atoms with van der Waals surface area (Å²) in [5, 5.41) is 38.3. The van der Waals surface area contributed by atoms with Crippen molar-refractivity contribution < 1.29 is 34.0 Å². The highest BCUT2D eigenvalue weighted by Crippen LogP contribution is 2.40. The summed E-state index contributed by atoms with van der Waals surface area (Å²) in [5.74, 6) is -0.678. The molecule has 2 aromatic heterocycles. The minimum absolute atomic E-state index is 0.106. The predicted octanol–water partition coefficient (Wildman–Crippen LogP) is 0.830. The second-order valence-corrected chi connectivity index (χ2v) is 10.1. The van der Waals surface area contributed by atoms with E-state index in [1.165, 1.54) is 16.9 Å². The molecule has 1 aliphatic heterocycles. The number of amides is 1. The van der Waals surface area contributed by atoms with Gasteiger partial charge in [-0.1, -0.05) is 30.3 Å². The highest BCUT2D eigenvalue weighted by atomic mass is 16.6. The molecule has 3 heterocycles. The predicted molar refractivity (Wildman–Crippen MR) is 136 cm³/mol. The number of fused-ring (bicyclic) bond motifs is 1. The van der Waals surface area contributed by atoms with Gasteiger partial charge in [-0.05, 0) is 38.5 Å². The molecule has 0 unspecified atom stereocenters. The molecule has 0 saturated carbocycles. The first-order chi connectivity index (χ1) is 18.4. The fourth-order valence-corrected chi connectivity index (χ4v) is 4.31. The summed E-state index contributed by atoms with van der Waals surface area (Å²) in [7, 11) is 0. The van der Waals surface area contributed by atoms with Gasteiger partial charge < -0.3 is 35.5 Å². The quantitative estimate of drug-likeness (QED) is 0.311. The third-order valence-electron chi connectivity index (χ3n) is 6.13. The molecular weight excluding hydrogens is 508 g/mol. The molecule has 1 amide bonds. The van der Waals surface area contributed by atoms with E-state index in [0.717, 1.165) is 5.56 Å². The SMILES string of the molecule is CC(C)(C)OC(=O)N[C@@H](Cc1ccccc1)C(=O)OC[C@H]1O[C@@](C#N)(c2ccc3c(N)ncnn23)[C@H](O)[C@@H]1O. The van der Waals surface area contributed by atoms with E-state index in [0.29, 0.717) is 5.52 Å². The number of carbonyl (C=O) groups is 2. The third kappa shape index (κ3) is 5.78. The summed E-state index contributed by atoms with van der Waals surface area (Å²) >= 11 is 0. The van der Waals surface area contributed by atoms with E-state index in [1.807, 2.05) is 12.1 Å². The number of ether oxygens (including phenoxy) is 3. The molecule has 5 atom stereocenters. The molecule has 13 heteroatoms. The Bertz CT molecular complexity index is 1380. The summed E-state index contributed by atoms with van der Waals surface area (Å²) in [5.41, 5.74) is 4.29. The molecule has 0 radical (unpaired) electrons. The fourth-order valence-electron chi connectivity index (χ4n) is 4.31. The first-order valence-corrected chi connectivity index (χ1v) is 12.2. The van der Waals surface area contributed by atoms with Gasteiger partial charge in [-0.25, -0.2) is 19.1 Å². The van der Waals surface area contributed by atoms with E-state index < -0.39 is 54.2 Å². The summed E-state index contributed by atoms with van der Waals surface area (Å²) in [6, 6.07) is 12.8. The first-order valence-electron chi connectivity index (χ1n) is 12.2. The zero-order valence-electron chi connectivity index (χ0n) is 21.6. The number of nitrogens with one attached hydrogen (secondary N) is 1. The molecular formula is C26H30N6O7. The van der Waals surface area contributed by atoms with Gasteiger partial charge in [0.05, 0.1) is 5.69 Å². The lowest BCUT2D eigenvalue weighted by Gasteiger charge is -2.24. The van der Waals surface area contributed by atoms with Gasteiger partial charge in [0.15, 0.2) is 5.82 Å². The summed E-state index contributed by atoms with van der Waals surface area (Å²) in [4.78, 5) is 29.4. The average molecular weight is 539 g/mol. The number of nitrogen functional groups attached to an aromatic ring is 1. The minimum atomic E-state index is -2.04. The number of alkyl carbamates (subject to hydrolysis) is 1. The van der Waals surface area contributed by atoms with Crippen LogP contribution in [-0.4, -0.2) is 73.4 Å². The lowest BCUT2D eigenvalue weighted by Crippen LogP contribution is -2.46. The Kier molecular flexibility index (Phi) is 7.73. The molecule has 1 aliphatic rings. The molecule has 0 aliphatic carbocycles. The van der Waals surface area contributed by atoms with Gasteiger partial charge in [0.1, 0.15) is 54.5 Å². The highest BCUT2D eigenvalue weighted by Gasteiger charge is 2.58. The van der Waals surface area contributed by atoms with E-state index in [2.05, 4.69) is 15.4 Å². The average Bonchev–Trinajstić information content (AvgIpc) is 3.42. The molecule has 0 bridgehead atoms. The van der Waals surface area contributed by atoms with Crippen LogP contribution >= 0.6 is 0 Å². The van der Waals surface area contributed by atoms with Crippen molar-refractivity contribution in [2.45, 2.75) is 62.7 Å². The number of aliphatic hydroxyl groups excluding tert-OH is 2. The van der Waals surface area contributed by atoms with Crippen LogP contribution in [0.25, 0.3) is 5.52 Å². The summed E-state index contributed by atoms with van der Waals surface area (Å²) in [6.45, 7) is 4.56. The van der Waals surface area contributed by atoms with Crippen LogP contribution in [-0.2, 0) is 31.0 Å². The van der Waals surface area contributed by atoms with Crippen molar-refractivity contribution in [2.75, 3.05) is 12.3 Å². The number of anilines is 1. The molecule has 1 fully saturated rings. The van der Waals surface area contributed by atoms with E-state index in [-0.39, 0.29) is 17.9 Å². The van der Waals surface area contributed by atoms with Crippen LogP contribution < -0.4 is 11.1 Å². The molecule has 39 heavy (non-hydrogen) atoms. The maximum Gasteiger partial charge on any atom is 0.408 e. The van der Waals surface area contributed by atoms with E-state index in [9.17, 15) is 25.1 Å². The largest absolute Gasteiger partial charge is 0.461 e. The van der Waals surface area contributed by atoms with Crippen molar-refractivity contribution in [1.82, 2.24) is 19.9 Å². The monoisotopic (exact) mass is 538 g/mol. The molecule has 3 aromatic rings. The van der Waals surface area contributed by atoms with Crippen LogP contribution in [0, 0.1) is 11.3 Å². The Morgan fingerprint density at radius 3 is 2.64 bits per heavy atom. The second kappa shape index (κ2) is 10.9. The van der Waals surface area contributed by atoms with Crippen molar-refractivity contribution in [2.24, 2.45) is 0 Å². The second-order valence-electron chi connectivity index (χ2n) is 10.1. The lowest BCUT2D eigenvalue weighted by molar-refractivity contribution is -0.153. The number of esters is 1. The molecule has 5 N–H and O–H groups in total. The highest BCUT2D eigenvalue weighted by molar-refractivity contribution is 5.81. The Morgan fingerprint density at radius 1 is 1.26 bits per heavy atom. The minimum Gasteiger partial charge on any atom is -0.461 e. The van der Waals surface area contributed by atoms with Crippen molar-refractivity contribution in [3.8, 4) is 6.07 Å². The Labute approximate surface area is 224 Å². The summed E-state index contributed by atoms with van der Waals surface area (Å²) in [6.07, 6.45) is -4.09. The van der Waals surface area contributed by atoms with Crippen LogP contribution in [0.3, 0.4) is 0 Å². The maximum atomic E-state index is 13.1. The van der Waals surface area contributed by atoms with Crippen molar-refractivity contribution in [3.63, 3.8) is 0 Å². The number of rotatable bonds is 7. The van der Waals surface area contributed by atoms with E-state index in [1.54, 1.807) is 51.1 Å². The number of aliphatic hydroxyl groups is 2. The van der Waals surface area contributed by atoms with Crippen LogP contribution in [0.2, 0.25) is 0 Å². The number of hydrogen-bond donors (Lipinski definition) is 4. The fraction of sp³-hybridized carbons (Fsp3) is 0.423. The standard InChI is InChI=1S/C26H30N6O7/c1-25(2,3)39-24(36)31-16(11-15-7-5-4-6-8-15)23(35)37-12-18-20(33)21(34)26(13-27,38-18)19-10-9-17-22(28)29-14-30-32(17)19/h4-10,14,16,18,20-21,33-34H,11-12H2,1-3H3,(H,31,36)(H2,28,29,30)/t16-,18+,20+,21+,26-/m0/s1. The van der Waals surface area contributed by atoms with Crippen molar-refractivity contribution in [1.29, 1.82) is 5.26 Å². The van der Waals surface area contributed by atoms with Gasteiger partial charge in [-0.15, -0.1) is 0 Å². The first kappa shape index (κ1) is 27.8. The normalized spacial score (nSPS) is 23.6. The number of aromatic nitrogens is 3. The van der Waals surface area contributed by atoms with Gasteiger partial charge in [-0.2, -0.15) is 10.4 Å². The number of nitriles is 1. The van der Waals surface area contributed by atoms with Crippen LogP contribution in [0.1, 0.15) is 32.0 Å². The van der Waals surface area contributed by atoms with E-state index in [4.69, 9.17) is 19.9 Å². The van der Waals surface area contributed by atoms with E-state index >= 15 is 0 Å². The number of nitrogens with zero attached hydrogens (tertiary/aromatic N) is 4. The molecule has 206 valence electrons. The van der Waals surface area contributed by atoms with Crippen LogP contribution in [0.4, 0.5) is 10.6 Å². The van der Waals surface area contributed by atoms with Gasteiger partial charge in [0.2, 0.25) is 5.60 Å². The van der Waals surface area contributed by atoms with Crippen LogP contribution in [0.15, 0.2) is 48.8 Å². The number of carbonyl (C=O) groups excluding carboxylic acids is 2. The third-order valence-corrected chi connectivity index (χ3v) is 6.13. The zero-order chi connectivity index (χ0) is 28.4. The smallest absolute Gasteiger partial charge is 0.408 e. The summed E-state index contributed by atoms with van der Waals surface area (Å²) < 4.78 is 17.8. The molecule has 4 rings (SSSR count). The molecule has 1 aromatic carbocycles. The van der Waals surface area contributed by atoms with Crippen molar-refractivity contribution in [3.05, 3.63) is 60.0 Å². The number of benzene rings is 1. The number of nitrogens with two attached hydrogens (primary N) is 1. The lowest BCUT2D eigenvalue weighted by atomic mass is 9.92.